The number of thioether (sulfide) groups is 1. The molecule has 4 rings (SSSR count). The summed E-state index contributed by atoms with van der Waals surface area (Å²) in [7, 11) is 0. The van der Waals surface area contributed by atoms with E-state index in [-0.39, 0.29) is 21.7 Å². The second kappa shape index (κ2) is 7.58. The fraction of sp³-hybridized carbons (Fsp3) is 0.0476. The zero-order valence-corrected chi connectivity index (χ0v) is 16.4. The van der Waals surface area contributed by atoms with Crippen molar-refractivity contribution in [3.8, 4) is 5.69 Å². The van der Waals surface area contributed by atoms with Crippen LogP contribution in [0.25, 0.3) is 16.6 Å². The van der Waals surface area contributed by atoms with Gasteiger partial charge in [0.25, 0.3) is 10.7 Å². The minimum absolute atomic E-state index is 0.00387. The topological polar surface area (TPSA) is 64.8 Å². The summed E-state index contributed by atoms with van der Waals surface area (Å²) < 4.78 is 1.24. The number of nitrogens with zero attached hydrogens (tertiary/aromatic N) is 3. The van der Waals surface area contributed by atoms with Crippen molar-refractivity contribution in [3.63, 3.8) is 0 Å². The van der Waals surface area contributed by atoms with Crippen LogP contribution in [0.2, 0.25) is 5.15 Å². The predicted molar refractivity (Wildman–Crippen MR) is 112 cm³/mol. The molecule has 0 amide bonds. The molecule has 5 nitrogen and oxygen atoms in total. The average Bonchev–Trinajstić information content (AvgIpc) is 2.70. The number of carbonyl (C=O) groups excluding carboxylic acids is 1. The SMILES string of the molecule is Cc1ccc(SC(=O)c2nc3ccccc3c(=O)n2-c2cccnc2Cl)cc1. The van der Waals surface area contributed by atoms with Gasteiger partial charge in [0.15, 0.2) is 11.0 Å². The molecule has 0 N–H and O–H groups in total. The summed E-state index contributed by atoms with van der Waals surface area (Å²) in [5, 5.41) is 0.169. The third kappa shape index (κ3) is 3.44. The molecule has 0 radical (unpaired) electrons. The number of carbonyl (C=O) groups is 1. The third-order valence-corrected chi connectivity index (χ3v) is 5.34. The van der Waals surface area contributed by atoms with Crippen LogP contribution in [0.1, 0.15) is 16.2 Å². The van der Waals surface area contributed by atoms with Crippen LogP contribution in [0, 0.1) is 6.92 Å². The number of hydrogen-bond acceptors (Lipinski definition) is 5. The largest absolute Gasteiger partial charge is 0.278 e. The van der Waals surface area contributed by atoms with Crippen LogP contribution in [-0.2, 0) is 0 Å². The number of aromatic nitrogens is 3. The maximum atomic E-state index is 13.2. The van der Waals surface area contributed by atoms with Gasteiger partial charge in [0, 0.05) is 11.1 Å². The molecule has 28 heavy (non-hydrogen) atoms. The Morgan fingerprint density at radius 2 is 1.79 bits per heavy atom. The van der Waals surface area contributed by atoms with Crippen LogP contribution in [0.5, 0.6) is 0 Å². The first kappa shape index (κ1) is 18.4. The van der Waals surface area contributed by atoms with Crippen LogP contribution >= 0.6 is 23.4 Å². The summed E-state index contributed by atoms with van der Waals surface area (Å²) in [6.07, 6.45) is 1.52. The Balaban J connectivity index is 1.92. The van der Waals surface area contributed by atoms with Gasteiger partial charge in [0.1, 0.15) is 0 Å². The second-order valence-electron chi connectivity index (χ2n) is 6.11. The van der Waals surface area contributed by atoms with Crippen molar-refractivity contribution in [1.82, 2.24) is 14.5 Å². The van der Waals surface area contributed by atoms with Crippen molar-refractivity contribution in [2.24, 2.45) is 0 Å². The Hall–Kier alpha value is -2.96. The number of halogens is 1. The first-order valence-corrected chi connectivity index (χ1v) is 9.65. The maximum absolute atomic E-state index is 13.2. The van der Waals surface area contributed by atoms with E-state index >= 15 is 0 Å². The minimum atomic E-state index is -0.367. The lowest BCUT2D eigenvalue weighted by Crippen LogP contribution is -2.26. The van der Waals surface area contributed by atoms with Crippen molar-refractivity contribution >= 4 is 39.4 Å². The quantitative estimate of drug-likeness (QED) is 0.364. The van der Waals surface area contributed by atoms with Gasteiger partial charge < -0.3 is 0 Å². The van der Waals surface area contributed by atoms with E-state index in [9.17, 15) is 9.59 Å². The molecule has 0 saturated carbocycles. The lowest BCUT2D eigenvalue weighted by atomic mass is 10.2. The van der Waals surface area contributed by atoms with Crippen molar-refractivity contribution in [2.45, 2.75) is 11.8 Å². The van der Waals surface area contributed by atoms with E-state index in [1.54, 1.807) is 36.4 Å². The Kier molecular flexibility index (Phi) is 4.98. The summed E-state index contributed by atoms with van der Waals surface area (Å²) in [6.45, 7) is 1.98. The summed E-state index contributed by atoms with van der Waals surface area (Å²) in [5.41, 5.74) is 1.50. The molecule has 0 aliphatic rings. The van der Waals surface area contributed by atoms with E-state index in [0.717, 1.165) is 22.2 Å². The molecule has 0 unspecified atom stereocenters. The third-order valence-electron chi connectivity index (χ3n) is 4.17. The molecule has 2 aromatic heterocycles. The van der Waals surface area contributed by atoms with E-state index < -0.39 is 0 Å². The Morgan fingerprint density at radius 3 is 2.54 bits per heavy atom. The van der Waals surface area contributed by atoms with Crippen molar-refractivity contribution < 1.29 is 4.79 Å². The number of fused-ring (bicyclic) bond motifs is 1. The molecule has 0 fully saturated rings. The number of pyridine rings is 1. The Bertz CT molecular complexity index is 1250. The van der Waals surface area contributed by atoms with E-state index in [1.807, 2.05) is 31.2 Å². The van der Waals surface area contributed by atoms with Gasteiger partial charge >= 0.3 is 0 Å². The van der Waals surface area contributed by atoms with Gasteiger partial charge in [0.2, 0.25) is 0 Å². The average molecular weight is 408 g/mol. The monoisotopic (exact) mass is 407 g/mol. The number of para-hydroxylation sites is 1. The molecule has 0 saturated heterocycles. The van der Waals surface area contributed by atoms with Crippen molar-refractivity contribution in [1.29, 1.82) is 0 Å². The molecule has 0 aliphatic carbocycles. The molecule has 7 heteroatoms. The highest BCUT2D eigenvalue weighted by molar-refractivity contribution is 8.14. The molecule has 0 aliphatic heterocycles. The van der Waals surface area contributed by atoms with Crippen LogP contribution in [0.3, 0.4) is 0 Å². The highest BCUT2D eigenvalue weighted by Crippen LogP contribution is 2.25. The first-order chi connectivity index (χ1) is 13.5. The van der Waals surface area contributed by atoms with Gasteiger partial charge in [-0.2, -0.15) is 0 Å². The normalized spacial score (nSPS) is 10.9. The Labute approximate surface area is 170 Å². The smallest absolute Gasteiger partial charge is 0.266 e. The Morgan fingerprint density at radius 1 is 1.04 bits per heavy atom. The lowest BCUT2D eigenvalue weighted by Gasteiger charge is -2.13. The van der Waals surface area contributed by atoms with Crippen LogP contribution in [0.15, 0.2) is 76.6 Å². The van der Waals surface area contributed by atoms with E-state index in [4.69, 9.17) is 11.6 Å². The lowest BCUT2D eigenvalue weighted by molar-refractivity contribution is 0.107. The molecule has 2 aromatic carbocycles. The van der Waals surface area contributed by atoms with Gasteiger partial charge in [-0.25, -0.2) is 9.97 Å². The summed E-state index contributed by atoms with van der Waals surface area (Å²) in [6, 6.07) is 17.8. The fourth-order valence-corrected chi connectivity index (χ4v) is 3.71. The van der Waals surface area contributed by atoms with E-state index in [1.165, 1.54) is 10.8 Å². The molecule has 2 heterocycles. The van der Waals surface area contributed by atoms with Crippen LogP contribution < -0.4 is 5.56 Å². The van der Waals surface area contributed by atoms with Crippen molar-refractivity contribution in [2.75, 3.05) is 0 Å². The van der Waals surface area contributed by atoms with Gasteiger partial charge in [-0.1, -0.05) is 41.4 Å². The molecular weight excluding hydrogens is 394 g/mol. The van der Waals surface area contributed by atoms with E-state index in [0.29, 0.717) is 16.6 Å². The maximum Gasteiger partial charge on any atom is 0.266 e. The molecular formula is C21H14ClN3O2S. The molecule has 138 valence electrons. The highest BCUT2D eigenvalue weighted by atomic mass is 35.5. The minimum Gasteiger partial charge on any atom is -0.278 e. The molecule has 4 aromatic rings. The fourth-order valence-electron chi connectivity index (χ4n) is 2.80. The first-order valence-electron chi connectivity index (χ1n) is 8.46. The number of benzene rings is 2. The van der Waals surface area contributed by atoms with Gasteiger partial charge in [-0.3, -0.25) is 14.2 Å². The standard InChI is InChI=1S/C21H14ClN3O2S/c1-13-8-10-14(11-9-13)28-21(27)19-24-16-6-3-2-5-15(16)20(26)25(19)17-7-4-12-23-18(17)22/h2-12H,1H3. The zero-order chi connectivity index (χ0) is 19.7. The summed E-state index contributed by atoms with van der Waals surface area (Å²) >= 11 is 7.23. The highest BCUT2D eigenvalue weighted by Gasteiger charge is 2.21. The zero-order valence-electron chi connectivity index (χ0n) is 14.8. The second-order valence-corrected chi connectivity index (χ2v) is 7.51. The van der Waals surface area contributed by atoms with Crippen LogP contribution in [0.4, 0.5) is 0 Å². The molecule has 0 bridgehead atoms. The van der Waals surface area contributed by atoms with E-state index in [2.05, 4.69) is 9.97 Å². The molecule has 0 atom stereocenters. The van der Waals surface area contributed by atoms with Crippen molar-refractivity contribution in [3.05, 3.63) is 93.8 Å². The van der Waals surface area contributed by atoms with Crippen LogP contribution in [-0.4, -0.2) is 19.7 Å². The predicted octanol–water partition coefficient (Wildman–Crippen LogP) is 4.68. The summed E-state index contributed by atoms with van der Waals surface area (Å²) in [5.74, 6) is 0.00387. The number of rotatable bonds is 3. The number of aryl methyl sites for hydroxylation is 1. The van der Waals surface area contributed by atoms with Gasteiger partial charge in [-0.15, -0.1) is 0 Å². The summed E-state index contributed by atoms with van der Waals surface area (Å²) in [4.78, 5) is 35.5. The van der Waals surface area contributed by atoms with Gasteiger partial charge in [0.05, 0.1) is 16.6 Å². The number of hydrogen-bond donors (Lipinski definition) is 0. The molecule has 0 spiro atoms. The van der Waals surface area contributed by atoms with Gasteiger partial charge in [-0.05, 0) is 55.1 Å².